The van der Waals surface area contributed by atoms with E-state index >= 15 is 0 Å². The summed E-state index contributed by atoms with van der Waals surface area (Å²) >= 11 is 0. The van der Waals surface area contributed by atoms with Crippen LogP contribution in [0.4, 0.5) is 0 Å². The summed E-state index contributed by atoms with van der Waals surface area (Å²) in [7, 11) is 3.12. The molecule has 0 radical (unpaired) electrons. The Labute approximate surface area is 309 Å². The van der Waals surface area contributed by atoms with Crippen molar-refractivity contribution in [1.29, 1.82) is 0 Å². The number of methoxy groups -OCH3 is 2. The molecule has 0 spiro atoms. The van der Waals surface area contributed by atoms with Gasteiger partial charge in [-0.1, -0.05) is 48.5 Å². The number of carboxylic acids is 2. The molecule has 0 fully saturated rings. The van der Waals surface area contributed by atoms with E-state index in [1.807, 2.05) is 42.5 Å². The highest BCUT2D eigenvalue weighted by molar-refractivity contribution is 5.79. The molecule has 1 aliphatic carbocycles. The van der Waals surface area contributed by atoms with Gasteiger partial charge in [0.15, 0.2) is 23.0 Å². The zero-order valence-electron chi connectivity index (χ0n) is 30.7. The Hall–Kier alpha value is -5.14. The maximum Gasteiger partial charge on any atom is 0.326 e. The first-order valence-corrected chi connectivity index (χ1v) is 17.4. The molecule has 53 heavy (non-hydrogen) atoms. The summed E-state index contributed by atoms with van der Waals surface area (Å²) in [6, 6.07) is 23.4. The average molecular weight is 729 g/mol. The fourth-order valence-electron chi connectivity index (χ4n) is 6.28. The molecular formula is C41H48N2O10. The molecular weight excluding hydrogens is 680 g/mol. The van der Waals surface area contributed by atoms with Gasteiger partial charge >= 0.3 is 11.9 Å². The van der Waals surface area contributed by atoms with Crippen molar-refractivity contribution in [3.63, 3.8) is 0 Å². The minimum atomic E-state index is -1.46. The third-order valence-corrected chi connectivity index (χ3v) is 10.0. The molecule has 12 nitrogen and oxygen atoms in total. The van der Waals surface area contributed by atoms with Crippen LogP contribution >= 0.6 is 0 Å². The number of hydrogen-bond donors (Lipinski definition) is 6. The first-order chi connectivity index (χ1) is 25.4. The van der Waals surface area contributed by atoms with E-state index in [1.54, 1.807) is 26.4 Å². The van der Waals surface area contributed by atoms with Gasteiger partial charge in [-0.15, -0.1) is 0 Å². The van der Waals surface area contributed by atoms with Gasteiger partial charge in [0.1, 0.15) is 23.8 Å². The third-order valence-electron chi connectivity index (χ3n) is 10.0. The normalized spacial score (nSPS) is 15.9. The number of aliphatic hydroxyl groups is 2. The third kappa shape index (κ3) is 8.58. The molecule has 1 unspecified atom stereocenters. The smallest absolute Gasteiger partial charge is 0.326 e. The lowest BCUT2D eigenvalue weighted by Gasteiger charge is -2.24. The van der Waals surface area contributed by atoms with Gasteiger partial charge in [0.25, 0.3) is 0 Å². The van der Waals surface area contributed by atoms with Crippen molar-refractivity contribution in [3.05, 3.63) is 106 Å². The van der Waals surface area contributed by atoms with Crippen LogP contribution in [0.25, 0.3) is 11.1 Å². The van der Waals surface area contributed by atoms with Crippen molar-refractivity contribution in [2.75, 3.05) is 27.4 Å². The number of rotatable bonds is 18. The van der Waals surface area contributed by atoms with E-state index in [0.29, 0.717) is 29.6 Å². The van der Waals surface area contributed by atoms with Crippen molar-refractivity contribution in [2.45, 2.75) is 70.5 Å². The van der Waals surface area contributed by atoms with E-state index in [1.165, 1.54) is 19.4 Å². The number of aliphatic hydroxyl groups excluding tert-OH is 2. The van der Waals surface area contributed by atoms with Crippen LogP contribution < -0.4 is 29.6 Å². The molecule has 0 saturated heterocycles. The summed E-state index contributed by atoms with van der Waals surface area (Å²) < 4.78 is 24.0. The number of carboxylic acid groups (broad SMARTS) is 2. The Balaban J connectivity index is 1.30. The Morgan fingerprint density at radius 2 is 1.30 bits per heavy atom. The summed E-state index contributed by atoms with van der Waals surface area (Å²) in [5.74, 6) is -0.0973. The van der Waals surface area contributed by atoms with Crippen LogP contribution in [0.5, 0.6) is 23.0 Å². The second-order valence-electron chi connectivity index (χ2n) is 13.7. The first-order valence-electron chi connectivity index (χ1n) is 17.4. The zero-order chi connectivity index (χ0) is 38.3. The van der Waals surface area contributed by atoms with Crippen LogP contribution in [-0.2, 0) is 35.7 Å². The number of benzene rings is 4. The van der Waals surface area contributed by atoms with Crippen molar-refractivity contribution >= 4 is 11.9 Å². The summed E-state index contributed by atoms with van der Waals surface area (Å²) in [4.78, 5) is 23.1. The Morgan fingerprint density at radius 1 is 0.755 bits per heavy atom. The molecule has 0 aliphatic heterocycles. The van der Waals surface area contributed by atoms with E-state index in [4.69, 9.17) is 18.9 Å². The van der Waals surface area contributed by atoms with Gasteiger partial charge in [-0.3, -0.25) is 20.2 Å². The molecule has 6 N–H and O–H groups in total. The van der Waals surface area contributed by atoms with Crippen molar-refractivity contribution in [2.24, 2.45) is 0 Å². The molecule has 0 heterocycles. The van der Waals surface area contributed by atoms with Crippen LogP contribution in [-0.4, -0.2) is 70.9 Å². The number of nitrogens with one attached hydrogen (secondary N) is 2. The lowest BCUT2D eigenvalue weighted by atomic mass is 9.91. The maximum absolute atomic E-state index is 11.6. The van der Waals surface area contributed by atoms with Crippen LogP contribution in [0.15, 0.2) is 72.8 Å². The lowest BCUT2D eigenvalue weighted by Crippen LogP contribution is -2.52. The highest BCUT2D eigenvalue weighted by Crippen LogP contribution is 2.43. The summed E-state index contributed by atoms with van der Waals surface area (Å²) in [6.07, 6.45) is 1.43. The van der Waals surface area contributed by atoms with E-state index in [0.717, 1.165) is 51.8 Å². The van der Waals surface area contributed by atoms with Gasteiger partial charge in [-0.05, 0) is 102 Å². The monoisotopic (exact) mass is 728 g/mol. The van der Waals surface area contributed by atoms with Gasteiger partial charge in [-0.25, -0.2) is 0 Å². The molecule has 4 aromatic carbocycles. The van der Waals surface area contributed by atoms with E-state index in [9.17, 15) is 30.0 Å². The van der Waals surface area contributed by atoms with Crippen LogP contribution in [0.3, 0.4) is 0 Å². The largest absolute Gasteiger partial charge is 0.493 e. The van der Waals surface area contributed by atoms with E-state index in [2.05, 4.69) is 35.8 Å². The van der Waals surface area contributed by atoms with E-state index < -0.39 is 36.2 Å². The second kappa shape index (κ2) is 16.7. The number of ether oxygens (including phenoxy) is 4. The Morgan fingerprint density at radius 3 is 1.87 bits per heavy atom. The molecule has 0 bridgehead atoms. The average Bonchev–Trinajstić information content (AvgIpc) is 3.58. The number of carbonyl (C=O) groups is 2. The van der Waals surface area contributed by atoms with E-state index in [-0.39, 0.29) is 19.2 Å². The predicted molar refractivity (Wildman–Crippen MR) is 199 cm³/mol. The molecule has 0 aromatic heterocycles. The van der Waals surface area contributed by atoms with Gasteiger partial charge in [-0.2, -0.15) is 0 Å². The minimum Gasteiger partial charge on any atom is -0.493 e. The fourth-order valence-corrected chi connectivity index (χ4v) is 6.28. The van der Waals surface area contributed by atoms with Gasteiger partial charge in [0, 0.05) is 13.1 Å². The van der Waals surface area contributed by atoms with Gasteiger partial charge in [0.2, 0.25) is 0 Å². The highest BCUT2D eigenvalue weighted by Gasteiger charge is 2.33. The Bertz CT molecular complexity index is 1950. The molecule has 282 valence electrons. The maximum atomic E-state index is 11.6. The highest BCUT2D eigenvalue weighted by atomic mass is 16.5. The molecule has 4 aromatic rings. The minimum absolute atomic E-state index is 0.188. The molecule has 0 amide bonds. The van der Waals surface area contributed by atoms with Gasteiger partial charge < -0.3 is 39.4 Å². The summed E-state index contributed by atoms with van der Waals surface area (Å²) in [6.45, 7) is 4.60. The molecule has 5 rings (SSSR count). The second-order valence-corrected chi connectivity index (χ2v) is 13.7. The van der Waals surface area contributed by atoms with Crippen molar-refractivity contribution in [1.82, 2.24) is 10.6 Å². The Kier molecular flexibility index (Phi) is 12.3. The van der Waals surface area contributed by atoms with Crippen LogP contribution in [0.2, 0.25) is 0 Å². The first kappa shape index (κ1) is 39.1. The SMILES string of the molecule is COc1cc(CN[C@@](C)(CO)C(=O)O)ccc1OCc1cccc(-c2cccc3c2CCC3Oc2ccc(CN[C@@](C)(CO)C(=O)O)cc2OC)c1C. The number of aliphatic carboxylic acids is 2. The summed E-state index contributed by atoms with van der Waals surface area (Å²) in [5, 5.41) is 43.8. The number of fused-ring (bicyclic) bond motifs is 1. The van der Waals surface area contributed by atoms with Crippen LogP contribution in [0, 0.1) is 6.92 Å². The molecule has 12 heteroatoms. The van der Waals surface area contributed by atoms with Crippen molar-refractivity contribution < 1.29 is 49.0 Å². The molecule has 1 aliphatic rings. The van der Waals surface area contributed by atoms with Crippen LogP contribution in [0.1, 0.15) is 59.8 Å². The number of hydrogen-bond acceptors (Lipinski definition) is 10. The fraction of sp³-hybridized carbons (Fsp3) is 0.366. The zero-order valence-corrected chi connectivity index (χ0v) is 30.7. The molecule has 3 atom stereocenters. The quantitative estimate of drug-likeness (QED) is 0.0794. The topological polar surface area (TPSA) is 176 Å². The lowest BCUT2D eigenvalue weighted by molar-refractivity contribution is -0.146. The summed E-state index contributed by atoms with van der Waals surface area (Å²) in [5.41, 5.74) is 5.32. The predicted octanol–water partition coefficient (Wildman–Crippen LogP) is 5.17. The molecule has 0 saturated carbocycles. The standard InChI is InChI=1S/C41H48N2O10/c1-25-28(22-52-34-15-12-26(18-36(34)50-4)20-42-40(2,23-44)38(46)47)8-6-9-29(25)30-10-7-11-32-31(30)14-17-33(32)53-35-16-13-27(19-37(35)51-5)21-43-41(3,24-45)39(48)49/h6-13,15-16,18-19,33,42-45H,14,17,20-24H2,1-5H3,(H,46,47)(H,48,49)/t33?,40-,41-/m0/s1. The van der Waals surface area contributed by atoms with Crippen molar-refractivity contribution in [3.8, 4) is 34.1 Å². The van der Waals surface area contributed by atoms with Gasteiger partial charge in [0.05, 0.1) is 27.4 Å².